The van der Waals surface area contributed by atoms with Crippen LogP contribution in [-0.2, 0) is 16.4 Å². The zero-order chi connectivity index (χ0) is 19.0. The molecule has 0 aliphatic heterocycles. The quantitative estimate of drug-likeness (QED) is 0.811. The Hall–Kier alpha value is -2.43. The SMILES string of the molecule is Cc1noc(C)c1CN(C)C(=O)c1cccnc1S(=O)(=O)C(F)(F)F. The fourth-order valence-corrected chi connectivity index (χ4v) is 2.98. The molecule has 0 radical (unpaired) electrons. The van der Waals surface area contributed by atoms with Crippen LogP contribution in [-0.4, -0.2) is 41.9 Å². The average molecular weight is 377 g/mol. The molecule has 2 heterocycles. The van der Waals surface area contributed by atoms with Crippen molar-refractivity contribution in [2.75, 3.05) is 7.05 Å². The maximum absolute atomic E-state index is 12.8. The van der Waals surface area contributed by atoms with Gasteiger partial charge in [0.2, 0.25) is 0 Å². The van der Waals surface area contributed by atoms with E-state index in [0.29, 0.717) is 17.0 Å². The van der Waals surface area contributed by atoms with Crippen molar-refractivity contribution >= 4 is 15.7 Å². The Kier molecular flexibility index (Phi) is 4.89. The number of sulfone groups is 1. The minimum Gasteiger partial charge on any atom is -0.361 e. The number of hydrogen-bond acceptors (Lipinski definition) is 6. The van der Waals surface area contributed by atoms with Gasteiger partial charge in [-0.3, -0.25) is 4.79 Å². The summed E-state index contributed by atoms with van der Waals surface area (Å²) in [6.45, 7) is 3.26. The fraction of sp³-hybridized carbons (Fsp3) is 0.357. The minimum atomic E-state index is -5.75. The molecule has 0 bridgehead atoms. The molecule has 7 nitrogen and oxygen atoms in total. The van der Waals surface area contributed by atoms with Crippen molar-refractivity contribution in [2.45, 2.75) is 30.9 Å². The molecule has 0 spiro atoms. The van der Waals surface area contributed by atoms with Gasteiger partial charge >= 0.3 is 5.51 Å². The second kappa shape index (κ2) is 6.47. The minimum absolute atomic E-state index is 0.0135. The van der Waals surface area contributed by atoms with Crippen LogP contribution in [0.3, 0.4) is 0 Å². The Labute approximate surface area is 141 Å². The lowest BCUT2D eigenvalue weighted by atomic mass is 10.2. The van der Waals surface area contributed by atoms with Crippen molar-refractivity contribution in [1.82, 2.24) is 15.0 Å². The van der Waals surface area contributed by atoms with Crippen LogP contribution in [0.15, 0.2) is 27.9 Å². The number of rotatable bonds is 4. The molecule has 0 aromatic carbocycles. The highest BCUT2D eigenvalue weighted by molar-refractivity contribution is 7.92. The van der Waals surface area contributed by atoms with E-state index in [-0.39, 0.29) is 6.54 Å². The fourth-order valence-electron chi connectivity index (χ4n) is 2.12. The average Bonchev–Trinajstić information content (AvgIpc) is 2.85. The molecule has 11 heteroatoms. The van der Waals surface area contributed by atoms with Crippen molar-refractivity contribution in [3.8, 4) is 0 Å². The van der Waals surface area contributed by atoms with Crippen LogP contribution in [0.25, 0.3) is 0 Å². The summed E-state index contributed by atoms with van der Waals surface area (Å²) in [5, 5.41) is 2.40. The molecule has 0 aliphatic carbocycles. The summed E-state index contributed by atoms with van der Waals surface area (Å²) < 4.78 is 66.6. The lowest BCUT2D eigenvalue weighted by molar-refractivity contribution is -0.0438. The van der Waals surface area contributed by atoms with Gasteiger partial charge in [-0.1, -0.05) is 5.16 Å². The van der Waals surface area contributed by atoms with Crippen molar-refractivity contribution in [3.63, 3.8) is 0 Å². The monoisotopic (exact) mass is 377 g/mol. The van der Waals surface area contributed by atoms with E-state index in [4.69, 9.17) is 4.52 Å². The van der Waals surface area contributed by atoms with Gasteiger partial charge in [0.15, 0.2) is 5.03 Å². The predicted molar refractivity (Wildman–Crippen MR) is 79.3 cm³/mol. The maximum Gasteiger partial charge on any atom is 0.503 e. The van der Waals surface area contributed by atoms with Gasteiger partial charge in [0, 0.05) is 18.8 Å². The zero-order valence-corrected chi connectivity index (χ0v) is 14.3. The van der Waals surface area contributed by atoms with Crippen LogP contribution in [0.4, 0.5) is 13.2 Å². The number of alkyl halides is 3. The number of hydrogen-bond donors (Lipinski definition) is 0. The highest BCUT2D eigenvalue weighted by Gasteiger charge is 2.49. The Bertz CT molecular complexity index is 887. The van der Waals surface area contributed by atoms with E-state index in [2.05, 4.69) is 10.1 Å². The van der Waals surface area contributed by atoms with Crippen LogP contribution in [0.1, 0.15) is 27.4 Å². The standard InChI is InChI=1S/C14H14F3N3O4S/c1-8-11(9(2)24-19-8)7-20(3)13(21)10-5-4-6-18-12(10)25(22,23)14(15,16)17/h4-6H,7H2,1-3H3. The Morgan fingerprint density at radius 3 is 2.48 bits per heavy atom. The number of carbonyl (C=O) groups is 1. The first-order valence-corrected chi connectivity index (χ1v) is 8.38. The number of amides is 1. The van der Waals surface area contributed by atoms with E-state index in [9.17, 15) is 26.4 Å². The molecular weight excluding hydrogens is 363 g/mol. The summed E-state index contributed by atoms with van der Waals surface area (Å²) in [7, 11) is -4.43. The summed E-state index contributed by atoms with van der Waals surface area (Å²) in [4.78, 5) is 16.8. The number of halogens is 3. The molecule has 0 aliphatic rings. The molecule has 0 saturated carbocycles. The van der Waals surface area contributed by atoms with Gasteiger partial charge < -0.3 is 9.42 Å². The molecular formula is C14H14F3N3O4S. The van der Waals surface area contributed by atoms with Crippen LogP contribution >= 0.6 is 0 Å². The molecule has 0 saturated heterocycles. The van der Waals surface area contributed by atoms with E-state index in [1.54, 1.807) is 13.8 Å². The molecule has 25 heavy (non-hydrogen) atoms. The van der Waals surface area contributed by atoms with Crippen molar-refractivity contribution in [2.24, 2.45) is 0 Å². The van der Waals surface area contributed by atoms with E-state index in [1.165, 1.54) is 13.1 Å². The molecule has 1 amide bonds. The number of nitrogens with zero attached hydrogens (tertiary/aromatic N) is 3. The molecule has 2 aromatic heterocycles. The van der Waals surface area contributed by atoms with E-state index in [0.717, 1.165) is 17.2 Å². The predicted octanol–water partition coefficient (Wildman–Crippen LogP) is 2.25. The summed E-state index contributed by atoms with van der Waals surface area (Å²) in [6, 6.07) is 2.17. The van der Waals surface area contributed by atoms with Gasteiger partial charge in [-0.15, -0.1) is 0 Å². The lowest BCUT2D eigenvalue weighted by Gasteiger charge is -2.19. The molecule has 0 N–H and O–H groups in total. The second-order valence-corrected chi connectivity index (χ2v) is 7.13. The first-order chi connectivity index (χ1) is 11.5. The largest absolute Gasteiger partial charge is 0.503 e. The number of carbonyl (C=O) groups excluding carboxylic acids is 1. The van der Waals surface area contributed by atoms with Gasteiger partial charge in [-0.2, -0.15) is 13.2 Å². The summed E-state index contributed by atoms with van der Waals surface area (Å²) in [5.74, 6) is -0.470. The number of aryl methyl sites for hydroxylation is 2. The van der Waals surface area contributed by atoms with Gasteiger partial charge in [0.1, 0.15) is 5.76 Å². The van der Waals surface area contributed by atoms with Gasteiger partial charge in [0.25, 0.3) is 15.7 Å². The third-order valence-electron chi connectivity index (χ3n) is 3.48. The highest BCUT2D eigenvalue weighted by Crippen LogP contribution is 2.31. The van der Waals surface area contributed by atoms with Crippen LogP contribution in [0.2, 0.25) is 0 Å². The maximum atomic E-state index is 12.8. The molecule has 136 valence electrons. The van der Waals surface area contributed by atoms with E-state index in [1.807, 2.05) is 0 Å². The van der Waals surface area contributed by atoms with E-state index >= 15 is 0 Å². The first kappa shape index (κ1) is 18.9. The molecule has 0 atom stereocenters. The Balaban J connectivity index is 2.41. The Morgan fingerprint density at radius 2 is 1.96 bits per heavy atom. The molecule has 2 aromatic rings. The highest BCUT2D eigenvalue weighted by atomic mass is 32.2. The summed E-state index contributed by atoms with van der Waals surface area (Å²) in [6.07, 6.45) is 0.879. The summed E-state index contributed by atoms with van der Waals surface area (Å²) in [5.41, 5.74) is -5.11. The van der Waals surface area contributed by atoms with Crippen LogP contribution < -0.4 is 0 Å². The second-order valence-electron chi connectivity index (χ2n) is 5.27. The molecule has 2 rings (SSSR count). The molecule has 0 unspecified atom stereocenters. The normalized spacial score (nSPS) is 12.2. The van der Waals surface area contributed by atoms with E-state index < -0.39 is 31.8 Å². The summed E-state index contributed by atoms with van der Waals surface area (Å²) >= 11 is 0. The van der Waals surface area contributed by atoms with Gasteiger partial charge in [0.05, 0.1) is 17.8 Å². The first-order valence-electron chi connectivity index (χ1n) is 6.90. The van der Waals surface area contributed by atoms with Crippen molar-refractivity contribution in [1.29, 1.82) is 0 Å². The third-order valence-corrected chi connectivity index (χ3v) is 4.93. The van der Waals surface area contributed by atoms with Crippen molar-refractivity contribution in [3.05, 3.63) is 40.9 Å². The van der Waals surface area contributed by atoms with Gasteiger partial charge in [-0.05, 0) is 26.0 Å². The smallest absolute Gasteiger partial charge is 0.361 e. The topological polar surface area (TPSA) is 93.4 Å². The number of aromatic nitrogens is 2. The van der Waals surface area contributed by atoms with Gasteiger partial charge in [-0.25, -0.2) is 13.4 Å². The lowest BCUT2D eigenvalue weighted by Crippen LogP contribution is -2.31. The third kappa shape index (κ3) is 3.50. The zero-order valence-electron chi connectivity index (χ0n) is 13.5. The van der Waals surface area contributed by atoms with Crippen LogP contribution in [0, 0.1) is 13.8 Å². The van der Waals surface area contributed by atoms with Crippen LogP contribution in [0.5, 0.6) is 0 Å². The Morgan fingerprint density at radius 1 is 1.32 bits per heavy atom. The molecule has 0 fully saturated rings. The van der Waals surface area contributed by atoms with Crippen molar-refractivity contribution < 1.29 is 30.9 Å². The number of pyridine rings is 1.